The van der Waals surface area contributed by atoms with Crippen molar-refractivity contribution >= 4 is 37.1 Å². The highest BCUT2D eigenvalue weighted by molar-refractivity contribution is 9.10. The summed E-state index contributed by atoms with van der Waals surface area (Å²) in [5.41, 5.74) is 1.06. The molecule has 0 fully saturated rings. The highest BCUT2D eigenvalue weighted by Crippen LogP contribution is 2.35. The summed E-state index contributed by atoms with van der Waals surface area (Å²) in [5.74, 6) is 0. The van der Waals surface area contributed by atoms with Gasteiger partial charge >= 0.3 is 0 Å². The van der Waals surface area contributed by atoms with Crippen molar-refractivity contribution in [3.63, 3.8) is 0 Å². The van der Waals surface area contributed by atoms with Crippen LogP contribution in [0.5, 0.6) is 0 Å². The molecule has 1 aromatic heterocycles. The summed E-state index contributed by atoms with van der Waals surface area (Å²) in [4.78, 5) is 2.80. The molecule has 0 aliphatic rings. The summed E-state index contributed by atoms with van der Waals surface area (Å²) in [6.07, 6.45) is 1.23. The number of aryl methyl sites for hydroxylation is 1. The molecule has 0 saturated carbocycles. The number of thiophene rings is 1. The van der Waals surface area contributed by atoms with Crippen LogP contribution in [0.4, 0.5) is 0 Å². The quantitative estimate of drug-likeness (QED) is 0.845. The second-order valence-corrected chi connectivity index (χ2v) is 9.06. The average Bonchev–Trinajstić information content (AvgIpc) is 2.74. The van der Waals surface area contributed by atoms with E-state index in [1.54, 1.807) is 23.5 Å². The minimum atomic E-state index is -3.15. The predicted molar refractivity (Wildman–Crippen MR) is 91.8 cm³/mol. The zero-order valence-corrected chi connectivity index (χ0v) is 15.4. The minimum absolute atomic E-state index is 0.0664. The van der Waals surface area contributed by atoms with Crippen LogP contribution in [0.3, 0.4) is 0 Å². The molecule has 1 unspecified atom stereocenters. The average molecular weight is 388 g/mol. The molecule has 0 saturated heterocycles. The van der Waals surface area contributed by atoms with Crippen molar-refractivity contribution in [2.24, 2.45) is 0 Å². The van der Waals surface area contributed by atoms with Crippen LogP contribution in [0.2, 0.25) is 0 Å². The number of hydrogen-bond donors (Lipinski definition) is 1. The molecule has 6 heteroatoms. The van der Waals surface area contributed by atoms with E-state index in [4.69, 9.17) is 0 Å². The van der Waals surface area contributed by atoms with Crippen LogP contribution in [0.1, 0.15) is 28.3 Å². The lowest BCUT2D eigenvalue weighted by atomic mass is 10.1. The second-order valence-electron chi connectivity index (χ2n) is 4.90. The smallest absolute Gasteiger partial charge is 0.175 e. The molecule has 2 aromatic rings. The van der Waals surface area contributed by atoms with Gasteiger partial charge in [0.25, 0.3) is 0 Å². The number of halogens is 1. The van der Waals surface area contributed by atoms with Gasteiger partial charge in [0.05, 0.1) is 10.9 Å². The lowest BCUT2D eigenvalue weighted by Gasteiger charge is -2.18. The van der Waals surface area contributed by atoms with E-state index in [0.717, 1.165) is 16.6 Å². The Hall–Kier alpha value is -0.690. The molecule has 1 aromatic carbocycles. The van der Waals surface area contributed by atoms with Crippen LogP contribution in [0.25, 0.3) is 0 Å². The maximum atomic E-state index is 11.5. The monoisotopic (exact) mass is 387 g/mol. The summed E-state index contributed by atoms with van der Waals surface area (Å²) in [5, 5.41) is 3.46. The van der Waals surface area contributed by atoms with Crippen LogP contribution in [-0.4, -0.2) is 21.2 Å². The SMILES string of the molecule is CCNC(c1ccc(S(C)(=O)=O)cc1)c1sc(C)cc1Br. The molecule has 0 aliphatic carbocycles. The highest BCUT2D eigenvalue weighted by atomic mass is 79.9. The van der Waals surface area contributed by atoms with Gasteiger partial charge in [-0.1, -0.05) is 19.1 Å². The van der Waals surface area contributed by atoms with Gasteiger partial charge in [-0.3, -0.25) is 0 Å². The molecule has 0 radical (unpaired) electrons. The second kappa shape index (κ2) is 6.60. The molecule has 0 bridgehead atoms. The molecular weight excluding hydrogens is 370 g/mol. The first kappa shape index (κ1) is 16.7. The fourth-order valence-electron chi connectivity index (χ4n) is 2.17. The zero-order chi connectivity index (χ0) is 15.6. The first-order chi connectivity index (χ1) is 9.82. The van der Waals surface area contributed by atoms with Gasteiger partial charge in [-0.2, -0.15) is 0 Å². The van der Waals surface area contributed by atoms with Crippen molar-refractivity contribution in [3.8, 4) is 0 Å². The normalized spacial score (nSPS) is 13.3. The van der Waals surface area contributed by atoms with Crippen LogP contribution < -0.4 is 5.32 Å². The van der Waals surface area contributed by atoms with Crippen molar-refractivity contribution in [2.45, 2.75) is 24.8 Å². The van der Waals surface area contributed by atoms with Crippen molar-refractivity contribution in [2.75, 3.05) is 12.8 Å². The standard InChI is InChI=1S/C15H18BrNO2S2/c1-4-17-14(15-13(16)9-10(2)20-15)11-5-7-12(8-6-11)21(3,18)19/h5-9,14,17H,4H2,1-3H3. The van der Waals surface area contributed by atoms with E-state index in [0.29, 0.717) is 4.90 Å². The summed E-state index contributed by atoms with van der Waals surface area (Å²) in [6, 6.07) is 9.27. The lowest BCUT2D eigenvalue weighted by molar-refractivity contribution is 0.601. The molecule has 1 heterocycles. The Morgan fingerprint density at radius 2 is 1.90 bits per heavy atom. The van der Waals surface area contributed by atoms with Gasteiger partial charge in [-0.25, -0.2) is 8.42 Å². The summed E-state index contributed by atoms with van der Waals surface area (Å²) in [7, 11) is -3.15. The van der Waals surface area contributed by atoms with Crippen LogP contribution in [0, 0.1) is 6.92 Å². The molecule has 114 valence electrons. The number of nitrogens with one attached hydrogen (secondary N) is 1. The molecule has 0 spiro atoms. The molecule has 2 rings (SSSR count). The Labute approximate surface area is 138 Å². The molecule has 21 heavy (non-hydrogen) atoms. The highest BCUT2D eigenvalue weighted by Gasteiger charge is 2.19. The zero-order valence-electron chi connectivity index (χ0n) is 12.2. The van der Waals surface area contributed by atoms with Crippen LogP contribution in [-0.2, 0) is 9.84 Å². The van der Waals surface area contributed by atoms with Crippen LogP contribution in [0.15, 0.2) is 39.7 Å². The third-order valence-electron chi connectivity index (χ3n) is 3.15. The van der Waals surface area contributed by atoms with Crippen molar-refractivity contribution in [1.29, 1.82) is 0 Å². The Bertz CT molecular complexity index is 721. The molecule has 0 aliphatic heterocycles. The number of rotatable bonds is 5. The van der Waals surface area contributed by atoms with E-state index in [1.807, 2.05) is 12.1 Å². The number of hydrogen-bond acceptors (Lipinski definition) is 4. The van der Waals surface area contributed by atoms with Gasteiger partial charge in [-0.15, -0.1) is 11.3 Å². The third-order valence-corrected chi connectivity index (χ3v) is 6.31. The van der Waals surface area contributed by atoms with E-state index in [1.165, 1.54) is 16.0 Å². The van der Waals surface area contributed by atoms with Gasteiger partial charge in [-0.05, 0) is 53.2 Å². The lowest BCUT2D eigenvalue weighted by Crippen LogP contribution is -2.21. The van der Waals surface area contributed by atoms with Gasteiger partial charge in [0.1, 0.15) is 0 Å². The largest absolute Gasteiger partial charge is 0.306 e. The van der Waals surface area contributed by atoms with Gasteiger partial charge < -0.3 is 5.32 Å². The van der Waals surface area contributed by atoms with E-state index in [9.17, 15) is 8.42 Å². The summed E-state index contributed by atoms with van der Waals surface area (Å²) in [6.45, 7) is 4.98. The molecular formula is C15H18BrNO2S2. The van der Waals surface area contributed by atoms with Gasteiger partial charge in [0.15, 0.2) is 9.84 Å². The van der Waals surface area contributed by atoms with E-state index in [-0.39, 0.29) is 6.04 Å². The fourth-order valence-corrected chi connectivity index (χ4v) is 4.79. The van der Waals surface area contributed by atoms with Gasteiger partial charge in [0.2, 0.25) is 0 Å². The number of sulfone groups is 1. The molecule has 1 N–H and O–H groups in total. The summed E-state index contributed by atoms with van der Waals surface area (Å²) >= 11 is 5.35. The number of benzene rings is 1. The van der Waals surface area contributed by atoms with Crippen molar-refractivity contribution in [3.05, 3.63) is 50.1 Å². The fraction of sp³-hybridized carbons (Fsp3) is 0.333. The summed E-state index contributed by atoms with van der Waals surface area (Å²) < 4.78 is 24.2. The Kier molecular flexibility index (Phi) is 5.24. The topological polar surface area (TPSA) is 46.2 Å². The maximum Gasteiger partial charge on any atom is 0.175 e. The van der Waals surface area contributed by atoms with Crippen molar-refractivity contribution in [1.82, 2.24) is 5.32 Å². The van der Waals surface area contributed by atoms with Gasteiger partial charge in [0, 0.05) is 20.5 Å². The molecule has 0 amide bonds. The van der Waals surface area contributed by atoms with E-state index < -0.39 is 9.84 Å². The first-order valence-corrected chi connectivity index (χ1v) is 10.1. The Balaban J connectivity index is 2.41. The first-order valence-electron chi connectivity index (χ1n) is 6.62. The third kappa shape index (κ3) is 3.94. The molecule has 3 nitrogen and oxygen atoms in total. The Morgan fingerprint density at radius 1 is 1.29 bits per heavy atom. The van der Waals surface area contributed by atoms with Crippen molar-refractivity contribution < 1.29 is 8.42 Å². The van der Waals surface area contributed by atoms with Crippen LogP contribution >= 0.6 is 27.3 Å². The molecule has 1 atom stereocenters. The van der Waals surface area contributed by atoms with E-state index in [2.05, 4.69) is 41.2 Å². The predicted octanol–water partition coefficient (Wildman–Crippen LogP) is 3.92. The minimum Gasteiger partial charge on any atom is -0.306 e. The van der Waals surface area contributed by atoms with E-state index >= 15 is 0 Å². The maximum absolute atomic E-state index is 11.5. The Morgan fingerprint density at radius 3 is 2.33 bits per heavy atom.